The van der Waals surface area contributed by atoms with Crippen molar-refractivity contribution in [2.24, 2.45) is 0 Å². The number of piperazine rings is 1. The number of likely N-dealkylation sites (tertiary alicyclic amines) is 1. The fourth-order valence-corrected chi connectivity index (χ4v) is 7.41. The molecule has 8 heteroatoms. The number of piperidine rings is 1. The smallest absolute Gasteiger partial charge is 0.253 e. The molecule has 6 nitrogen and oxygen atoms in total. The lowest BCUT2D eigenvalue weighted by molar-refractivity contribution is 0.0697. The van der Waals surface area contributed by atoms with Gasteiger partial charge in [-0.05, 0) is 79.4 Å². The number of rotatable bonds is 5. The molecule has 196 valence electrons. The van der Waals surface area contributed by atoms with Gasteiger partial charge in [-0.2, -0.15) is 4.31 Å². The molecule has 0 aromatic heterocycles. The van der Waals surface area contributed by atoms with Crippen LogP contribution in [-0.4, -0.2) is 66.7 Å². The maximum atomic E-state index is 13.3. The van der Waals surface area contributed by atoms with Crippen molar-refractivity contribution in [1.82, 2.24) is 14.1 Å². The Kier molecular flexibility index (Phi) is 7.73. The van der Waals surface area contributed by atoms with Crippen LogP contribution in [0.5, 0.6) is 0 Å². The number of hydrogen-bond donors (Lipinski definition) is 0. The lowest BCUT2D eigenvalue weighted by Gasteiger charge is -2.39. The highest BCUT2D eigenvalue weighted by molar-refractivity contribution is 9.10. The Morgan fingerprint density at radius 3 is 2.16 bits per heavy atom. The summed E-state index contributed by atoms with van der Waals surface area (Å²) < 4.78 is 29.0. The Hall–Kier alpha value is -2.26. The van der Waals surface area contributed by atoms with Gasteiger partial charge >= 0.3 is 0 Å². The number of carbonyl (C=O) groups is 1. The van der Waals surface area contributed by atoms with Gasteiger partial charge in [0.15, 0.2) is 0 Å². The largest absolute Gasteiger partial charge is 0.336 e. The predicted molar refractivity (Wildman–Crippen MR) is 151 cm³/mol. The van der Waals surface area contributed by atoms with E-state index in [2.05, 4.69) is 46.8 Å². The molecule has 2 fully saturated rings. The van der Waals surface area contributed by atoms with Crippen LogP contribution in [-0.2, 0) is 16.6 Å². The topological polar surface area (TPSA) is 60.9 Å². The quantitative estimate of drug-likeness (QED) is 0.397. The normalized spacial score (nSPS) is 21.9. The third-order valence-corrected chi connectivity index (χ3v) is 10.3. The average molecular weight is 585 g/mol. The number of carbonyl (C=O) groups excluding carboxylic acids is 1. The Morgan fingerprint density at radius 2 is 1.49 bits per heavy atom. The second kappa shape index (κ2) is 10.8. The molecule has 0 saturated carbocycles. The van der Waals surface area contributed by atoms with Crippen molar-refractivity contribution in [2.45, 2.75) is 56.6 Å². The summed E-state index contributed by atoms with van der Waals surface area (Å²) in [7, 11) is -3.63. The van der Waals surface area contributed by atoms with Crippen LogP contribution in [0.1, 0.15) is 49.0 Å². The average Bonchev–Trinajstić information content (AvgIpc) is 2.90. The van der Waals surface area contributed by atoms with Gasteiger partial charge < -0.3 is 4.90 Å². The van der Waals surface area contributed by atoms with Gasteiger partial charge in [-0.1, -0.05) is 46.6 Å². The van der Waals surface area contributed by atoms with Crippen LogP contribution in [0, 0.1) is 0 Å². The molecule has 0 spiro atoms. The van der Waals surface area contributed by atoms with E-state index in [-0.39, 0.29) is 23.9 Å². The summed E-state index contributed by atoms with van der Waals surface area (Å²) in [6, 6.07) is 20.1. The molecule has 0 bridgehead atoms. The van der Waals surface area contributed by atoms with E-state index >= 15 is 0 Å². The number of benzene rings is 3. The minimum atomic E-state index is -3.63. The number of amides is 1. The molecular formula is C29H34BrN3O3S. The molecule has 2 heterocycles. The summed E-state index contributed by atoms with van der Waals surface area (Å²) in [6.45, 7) is 6.83. The Morgan fingerprint density at radius 1 is 0.865 bits per heavy atom. The summed E-state index contributed by atoms with van der Waals surface area (Å²) in [6.07, 6.45) is 3.77. The summed E-state index contributed by atoms with van der Waals surface area (Å²) in [5, 5.41) is 1.86. The van der Waals surface area contributed by atoms with E-state index in [1.165, 1.54) is 29.1 Å². The highest BCUT2D eigenvalue weighted by Gasteiger charge is 2.31. The van der Waals surface area contributed by atoms with Crippen LogP contribution in [0.15, 0.2) is 70.0 Å². The van der Waals surface area contributed by atoms with Gasteiger partial charge in [0, 0.05) is 54.8 Å². The van der Waals surface area contributed by atoms with E-state index < -0.39 is 10.0 Å². The summed E-state index contributed by atoms with van der Waals surface area (Å²) in [5.74, 6) is -0.0420. The van der Waals surface area contributed by atoms with Gasteiger partial charge in [0.25, 0.3) is 5.91 Å². The molecule has 3 aromatic carbocycles. The zero-order chi connectivity index (χ0) is 26.2. The minimum absolute atomic E-state index is 0.0420. The van der Waals surface area contributed by atoms with Crippen molar-refractivity contribution in [3.05, 3.63) is 76.3 Å². The van der Waals surface area contributed by atoms with E-state index in [0.717, 1.165) is 21.8 Å². The van der Waals surface area contributed by atoms with Gasteiger partial charge in [-0.15, -0.1) is 0 Å². The van der Waals surface area contributed by atoms with Crippen molar-refractivity contribution in [3.63, 3.8) is 0 Å². The fourth-order valence-electron chi connectivity index (χ4n) is 5.57. The minimum Gasteiger partial charge on any atom is -0.336 e. The summed E-state index contributed by atoms with van der Waals surface area (Å²) >= 11 is 3.45. The Bertz CT molecular complexity index is 1380. The molecule has 2 atom stereocenters. The lowest BCUT2D eigenvalue weighted by atomic mass is 9.96. The predicted octanol–water partition coefficient (Wildman–Crippen LogP) is 5.51. The molecular weight excluding hydrogens is 550 g/mol. The monoisotopic (exact) mass is 583 g/mol. The SMILES string of the molecule is CC1CCCC(C)N1Cc1ccc(C(=O)N2CCN(S(=O)(=O)c3ccc4cc(Br)ccc4c3)CC2)cc1. The molecule has 2 aliphatic rings. The van der Waals surface area contributed by atoms with Gasteiger partial charge in [-0.3, -0.25) is 9.69 Å². The maximum Gasteiger partial charge on any atom is 0.253 e. The molecule has 2 aliphatic heterocycles. The van der Waals surface area contributed by atoms with Crippen molar-refractivity contribution >= 4 is 42.6 Å². The first-order valence-corrected chi connectivity index (χ1v) is 15.3. The first kappa shape index (κ1) is 26.4. The van der Waals surface area contributed by atoms with E-state index in [1.807, 2.05) is 36.4 Å². The first-order chi connectivity index (χ1) is 17.7. The van der Waals surface area contributed by atoms with E-state index in [9.17, 15) is 13.2 Å². The van der Waals surface area contributed by atoms with Crippen molar-refractivity contribution in [1.29, 1.82) is 0 Å². The van der Waals surface area contributed by atoms with Crippen LogP contribution in [0.2, 0.25) is 0 Å². The Labute approximate surface area is 228 Å². The van der Waals surface area contributed by atoms with Crippen LogP contribution < -0.4 is 0 Å². The standard InChI is InChI=1S/C29H34BrN3O3S/c1-21-4-3-5-22(2)33(21)20-23-6-8-24(9-7-23)29(34)31-14-16-32(17-15-31)37(35,36)28-13-11-25-18-27(30)12-10-26(25)19-28/h6-13,18-19,21-22H,3-5,14-17,20H2,1-2H3. The molecule has 5 rings (SSSR count). The van der Waals surface area contributed by atoms with E-state index in [1.54, 1.807) is 17.0 Å². The highest BCUT2D eigenvalue weighted by atomic mass is 79.9. The highest BCUT2D eigenvalue weighted by Crippen LogP contribution is 2.27. The Balaban J connectivity index is 1.21. The number of nitrogens with zero attached hydrogens (tertiary/aromatic N) is 3. The van der Waals surface area contributed by atoms with Crippen molar-refractivity contribution in [3.8, 4) is 0 Å². The summed E-state index contributed by atoms with van der Waals surface area (Å²) in [5.41, 5.74) is 1.87. The number of fused-ring (bicyclic) bond motifs is 1. The number of halogens is 1. The number of sulfonamides is 1. The third kappa shape index (κ3) is 5.62. The van der Waals surface area contributed by atoms with Crippen molar-refractivity contribution < 1.29 is 13.2 Å². The molecule has 37 heavy (non-hydrogen) atoms. The number of hydrogen-bond acceptors (Lipinski definition) is 4. The van der Waals surface area contributed by atoms with Crippen LogP contribution in [0.25, 0.3) is 10.8 Å². The van der Waals surface area contributed by atoms with Crippen molar-refractivity contribution in [2.75, 3.05) is 26.2 Å². The fraction of sp³-hybridized carbons (Fsp3) is 0.414. The van der Waals surface area contributed by atoms with Gasteiger partial charge in [-0.25, -0.2) is 8.42 Å². The zero-order valence-corrected chi connectivity index (χ0v) is 23.8. The second-order valence-electron chi connectivity index (χ2n) is 10.3. The molecule has 0 N–H and O–H groups in total. The zero-order valence-electron chi connectivity index (χ0n) is 21.4. The molecule has 1 amide bonds. The van der Waals surface area contributed by atoms with Gasteiger partial charge in [0.05, 0.1) is 4.90 Å². The van der Waals surface area contributed by atoms with Gasteiger partial charge in [0.1, 0.15) is 0 Å². The molecule has 0 aliphatic carbocycles. The maximum absolute atomic E-state index is 13.3. The molecule has 2 saturated heterocycles. The lowest BCUT2D eigenvalue weighted by Crippen LogP contribution is -2.50. The van der Waals surface area contributed by atoms with Gasteiger partial charge in [0.2, 0.25) is 10.0 Å². The van der Waals surface area contributed by atoms with E-state index in [4.69, 9.17) is 0 Å². The second-order valence-corrected chi connectivity index (χ2v) is 13.2. The molecule has 3 aromatic rings. The van der Waals surface area contributed by atoms with Crippen LogP contribution in [0.4, 0.5) is 0 Å². The van der Waals surface area contributed by atoms with Crippen LogP contribution >= 0.6 is 15.9 Å². The molecule has 0 radical (unpaired) electrons. The summed E-state index contributed by atoms with van der Waals surface area (Å²) in [4.78, 5) is 17.7. The third-order valence-electron chi connectivity index (χ3n) is 7.88. The first-order valence-electron chi connectivity index (χ1n) is 13.1. The molecule has 2 unspecified atom stereocenters. The van der Waals surface area contributed by atoms with E-state index in [0.29, 0.717) is 30.7 Å². The van der Waals surface area contributed by atoms with Crippen LogP contribution in [0.3, 0.4) is 0 Å².